The molecule has 2 heteroatoms. The zero-order chi connectivity index (χ0) is 9.80. The molecule has 0 unspecified atom stereocenters. The second kappa shape index (κ2) is 4.58. The first-order chi connectivity index (χ1) is 6.90. The van der Waals surface area contributed by atoms with Gasteiger partial charge in [-0.2, -0.15) is 0 Å². The predicted molar refractivity (Wildman–Crippen MR) is 54.9 cm³/mol. The summed E-state index contributed by atoms with van der Waals surface area (Å²) in [4.78, 5) is 0. The fraction of sp³-hybridized carbons (Fsp3) is 0.500. The van der Waals surface area contributed by atoms with E-state index in [1.165, 1.54) is 5.56 Å². The maximum atomic E-state index is 5.77. The van der Waals surface area contributed by atoms with E-state index in [0.29, 0.717) is 6.61 Å². The third kappa shape index (κ3) is 2.14. The minimum Gasteiger partial charge on any atom is -0.350 e. The fourth-order valence-electron chi connectivity index (χ4n) is 1.69. The smallest absolute Gasteiger partial charge is 0.158 e. The van der Waals surface area contributed by atoms with Gasteiger partial charge in [0.2, 0.25) is 0 Å². The van der Waals surface area contributed by atoms with E-state index in [0.717, 1.165) is 12.8 Å². The molecule has 1 aliphatic rings. The molecule has 0 spiro atoms. The normalized spacial score (nSPS) is 26.6. The second-order valence-corrected chi connectivity index (χ2v) is 3.59. The number of rotatable bonds is 3. The molecule has 1 heterocycles. The summed E-state index contributed by atoms with van der Waals surface area (Å²) in [5.41, 5.74) is 1.21. The highest BCUT2D eigenvalue weighted by Gasteiger charge is 2.25. The molecule has 0 aromatic heterocycles. The highest BCUT2D eigenvalue weighted by Crippen LogP contribution is 2.27. The SMILES string of the molecule is CCC[C@@H]1OC[C@H](c2ccccc2)O1. The second-order valence-electron chi connectivity index (χ2n) is 3.59. The van der Waals surface area contributed by atoms with Gasteiger partial charge in [0, 0.05) is 0 Å². The standard InChI is InChI=1S/C12H16O2/c1-2-6-12-13-9-11(14-12)10-7-4-3-5-8-10/h3-5,7-8,11-12H,2,6,9H2,1H3/t11-,12-/m1/s1. The molecule has 1 fully saturated rings. The van der Waals surface area contributed by atoms with E-state index in [1.807, 2.05) is 18.2 Å². The van der Waals surface area contributed by atoms with Gasteiger partial charge in [-0.25, -0.2) is 0 Å². The van der Waals surface area contributed by atoms with Crippen LogP contribution in [0.4, 0.5) is 0 Å². The van der Waals surface area contributed by atoms with Crippen molar-refractivity contribution in [1.29, 1.82) is 0 Å². The average molecular weight is 192 g/mol. The lowest BCUT2D eigenvalue weighted by atomic mass is 10.1. The van der Waals surface area contributed by atoms with E-state index in [9.17, 15) is 0 Å². The molecular weight excluding hydrogens is 176 g/mol. The van der Waals surface area contributed by atoms with Crippen LogP contribution in [0.3, 0.4) is 0 Å². The van der Waals surface area contributed by atoms with E-state index in [4.69, 9.17) is 9.47 Å². The zero-order valence-electron chi connectivity index (χ0n) is 8.48. The fourth-order valence-corrected chi connectivity index (χ4v) is 1.69. The van der Waals surface area contributed by atoms with Crippen molar-refractivity contribution < 1.29 is 9.47 Å². The molecule has 0 N–H and O–H groups in total. The molecule has 2 nitrogen and oxygen atoms in total. The van der Waals surface area contributed by atoms with Crippen LogP contribution in [0.15, 0.2) is 30.3 Å². The summed E-state index contributed by atoms with van der Waals surface area (Å²) in [5, 5.41) is 0. The molecule has 76 valence electrons. The minimum absolute atomic E-state index is 0.00482. The monoisotopic (exact) mass is 192 g/mol. The number of ether oxygens (including phenoxy) is 2. The topological polar surface area (TPSA) is 18.5 Å². The van der Waals surface area contributed by atoms with Gasteiger partial charge >= 0.3 is 0 Å². The Labute approximate surface area is 84.8 Å². The summed E-state index contributed by atoms with van der Waals surface area (Å²) in [5.74, 6) is 0. The van der Waals surface area contributed by atoms with E-state index in [2.05, 4.69) is 19.1 Å². The van der Waals surface area contributed by atoms with E-state index in [1.54, 1.807) is 0 Å². The Morgan fingerprint density at radius 3 is 2.79 bits per heavy atom. The highest BCUT2D eigenvalue weighted by molar-refractivity contribution is 5.18. The van der Waals surface area contributed by atoms with Crippen molar-refractivity contribution in [2.24, 2.45) is 0 Å². The van der Waals surface area contributed by atoms with E-state index < -0.39 is 0 Å². The van der Waals surface area contributed by atoms with Crippen LogP contribution >= 0.6 is 0 Å². The molecule has 0 radical (unpaired) electrons. The van der Waals surface area contributed by atoms with Crippen molar-refractivity contribution in [2.75, 3.05) is 6.61 Å². The maximum absolute atomic E-state index is 5.77. The first-order valence-electron chi connectivity index (χ1n) is 5.22. The molecule has 0 aliphatic carbocycles. The van der Waals surface area contributed by atoms with Crippen molar-refractivity contribution in [3.63, 3.8) is 0 Å². The summed E-state index contributed by atoms with van der Waals surface area (Å²) in [7, 11) is 0. The Morgan fingerprint density at radius 2 is 2.07 bits per heavy atom. The Morgan fingerprint density at radius 1 is 1.29 bits per heavy atom. The summed E-state index contributed by atoms with van der Waals surface area (Å²) in [6.45, 7) is 2.83. The lowest BCUT2D eigenvalue weighted by Crippen LogP contribution is -2.06. The van der Waals surface area contributed by atoms with Gasteiger partial charge in [-0.3, -0.25) is 0 Å². The van der Waals surface area contributed by atoms with Gasteiger partial charge in [-0.1, -0.05) is 43.7 Å². The van der Waals surface area contributed by atoms with Crippen molar-refractivity contribution >= 4 is 0 Å². The van der Waals surface area contributed by atoms with Crippen LogP contribution in [0, 0.1) is 0 Å². The third-order valence-electron chi connectivity index (χ3n) is 2.45. The van der Waals surface area contributed by atoms with Crippen LogP contribution in [0.1, 0.15) is 31.4 Å². The zero-order valence-corrected chi connectivity index (χ0v) is 8.48. The van der Waals surface area contributed by atoms with Crippen molar-refractivity contribution in [1.82, 2.24) is 0 Å². The summed E-state index contributed by atoms with van der Waals surface area (Å²) in [6.07, 6.45) is 2.23. The van der Waals surface area contributed by atoms with Crippen LogP contribution in [0.5, 0.6) is 0 Å². The van der Waals surface area contributed by atoms with Crippen LogP contribution < -0.4 is 0 Å². The molecule has 0 amide bonds. The average Bonchev–Trinajstić information content (AvgIpc) is 2.68. The Balaban J connectivity index is 1.96. The van der Waals surface area contributed by atoms with Gasteiger partial charge < -0.3 is 9.47 Å². The number of hydrogen-bond acceptors (Lipinski definition) is 2. The summed E-state index contributed by atoms with van der Waals surface area (Å²) < 4.78 is 11.3. The molecular formula is C12H16O2. The van der Waals surface area contributed by atoms with Crippen LogP contribution in [0.25, 0.3) is 0 Å². The van der Waals surface area contributed by atoms with Crippen molar-refractivity contribution in [3.05, 3.63) is 35.9 Å². The molecule has 2 rings (SSSR count). The molecule has 0 bridgehead atoms. The van der Waals surface area contributed by atoms with Gasteiger partial charge in [0.15, 0.2) is 6.29 Å². The molecule has 1 aliphatic heterocycles. The van der Waals surface area contributed by atoms with Crippen LogP contribution in [0.2, 0.25) is 0 Å². The van der Waals surface area contributed by atoms with Crippen molar-refractivity contribution in [2.45, 2.75) is 32.2 Å². The van der Waals surface area contributed by atoms with E-state index in [-0.39, 0.29) is 12.4 Å². The molecule has 2 atom stereocenters. The van der Waals surface area contributed by atoms with Gasteiger partial charge in [-0.15, -0.1) is 0 Å². The molecule has 14 heavy (non-hydrogen) atoms. The Kier molecular flexibility index (Phi) is 3.17. The van der Waals surface area contributed by atoms with Crippen molar-refractivity contribution in [3.8, 4) is 0 Å². The molecule has 1 aromatic rings. The predicted octanol–water partition coefficient (Wildman–Crippen LogP) is 2.90. The van der Waals surface area contributed by atoms with Crippen LogP contribution in [-0.4, -0.2) is 12.9 Å². The number of benzene rings is 1. The van der Waals surface area contributed by atoms with E-state index >= 15 is 0 Å². The summed E-state index contributed by atoms with van der Waals surface area (Å²) in [6, 6.07) is 10.3. The molecule has 1 aromatic carbocycles. The maximum Gasteiger partial charge on any atom is 0.158 e. The van der Waals surface area contributed by atoms with Gasteiger partial charge in [0.1, 0.15) is 6.10 Å². The summed E-state index contributed by atoms with van der Waals surface area (Å²) >= 11 is 0. The lowest BCUT2D eigenvalue weighted by Gasteiger charge is -2.10. The lowest BCUT2D eigenvalue weighted by molar-refractivity contribution is -0.0627. The third-order valence-corrected chi connectivity index (χ3v) is 2.45. The number of hydrogen-bond donors (Lipinski definition) is 0. The first-order valence-corrected chi connectivity index (χ1v) is 5.22. The minimum atomic E-state index is 0.00482. The quantitative estimate of drug-likeness (QED) is 0.733. The Hall–Kier alpha value is -0.860. The highest BCUT2D eigenvalue weighted by atomic mass is 16.7. The van der Waals surface area contributed by atoms with Gasteiger partial charge in [0.25, 0.3) is 0 Å². The Bertz CT molecular complexity index is 271. The first kappa shape index (κ1) is 9.69. The molecule has 1 saturated heterocycles. The van der Waals surface area contributed by atoms with Crippen LogP contribution in [-0.2, 0) is 9.47 Å². The molecule has 0 saturated carbocycles. The van der Waals surface area contributed by atoms with Gasteiger partial charge in [-0.05, 0) is 12.0 Å². The largest absolute Gasteiger partial charge is 0.350 e. The van der Waals surface area contributed by atoms with Gasteiger partial charge in [0.05, 0.1) is 6.61 Å².